The highest BCUT2D eigenvalue weighted by molar-refractivity contribution is 9.10. The van der Waals surface area contributed by atoms with Crippen molar-refractivity contribution in [1.29, 1.82) is 0 Å². The van der Waals surface area contributed by atoms with Gasteiger partial charge < -0.3 is 4.57 Å². The molecule has 1 aromatic heterocycles. The van der Waals surface area contributed by atoms with Crippen molar-refractivity contribution in [3.05, 3.63) is 28.5 Å². The van der Waals surface area contributed by atoms with E-state index in [1.807, 2.05) is 6.92 Å². The largest absolute Gasteiger partial charge is 0.324 e. The van der Waals surface area contributed by atoms with Gasteiger partial charge in [0.2, 0.25) is 0 Å². The van der Waals surface area contributed by atoms with Crippen molar-refractivity contribution in [3.63, 3.8) is 0 Å². The summed E-state index contributed by atoms with van der Waals surface area (Å²) in [5, 5.41) is -0.0400. The lowest BCUT2D eigenvalue weighted by Gasteiger charge is -2.29. The van der Waals surface area contributed by atoms with Gasteiger partial charge in [-0.3, -0.25) is 0 Å². The maximum atomic E-state index is 6.25. The number of aromatic nitrogens is 2. The summed E-state index contributed by atoms with van der Waals surface area (Å²) in [6.07, 6.45) is 3.81. The van der Waals surface area contributed by atoms with Gasteiger partial charge in [-0.15, -0.1) is 11.6 Å². The van der Waals surface area contributed by atoms with E-state index in [9.17, 15) is 0 Å². The zero-order chi connectivity index (χ0) is 12.0. The molecule has 1 aliphatic carbocycles. The minimum absolute atomic E-state index is 0.0400. The second-order valence-corrected chi connectivity index (χ2v) is 6.24. The maximum Gasteiger partial charge on any atom is 0.127 e. The molecule has 1 saturated carbocycles. The molecule has 4 heteroatoms. The Kier molecular flexibility index (Phi) is 2.91. The predicted octanol–water partition coefficient (Wildman–Crippen LogP) is 4.82. The van der Waals surface area contributed by atoms with Crippen LogP contribution >= 0.6 is 27.5 Å². The fourth-order valence-electron chi connectivity index (χ4n) is 2.40. The zero-order valence-corrected chi connectivity index (χ0v) is 12.0. The Morgan fingerprint density at radius 3 is 2.82 bits per heavy atom. The molecule has 1 unspecified atom stereocenters. The van der Waals surface area contributed by atoms with E-state index in [-0.39, 0.29) is 5.38 Å². The molecular formula is C13H14BrClN2. The fourth-order valence-corrected chi connectivity index (χ4v) is 2.90. The molecule has 0 radical (unpaired) electrons. The van der Waals surface area contributed by atoms with Crippen molar-refractivity contribution in [1.82, 2.24) is 9.55 Å². The molecular weight excluding hydrogens is 300 g/mol. The van der Waals surface area contributed by atoms with E-state index in [0.29, 0.717) is 6.04 Å². The van der Waals surface area contributed by atoms with Gasteiger partial charge in [0.25, 0.3) is 0 Å². The van der Waals surface area contributed by atoms with Gasteiger partial charge in [-0.1, -0.05) is 15.9 Å². The monoisotopic (exact) mass is 312 g/mol. The summed E-state index contributed by atoms with van der Waals surface area (Å²) >= 11 is 9.74. The number of hydrogen-bond donors (Lipinski definition) is 0. The molecule has 1 aromatic carbocycles. The summed E-state index contributed by atoms with van der Waals surface area (Å²) in [5.41, 5.74) is 2.24. The molecule has 17 heavy (non-hydrogen) atoms. The molecule has 0 amide bonds. The summed E-state index contributed by atoms with van der Waals surface area (Å²) in [6.45, 7) is 1.99. The third-order valence-electron chi connectivity index (χ3n) is 3.47. The molecule has 0 bridgehead atoms. The van der Waals surface area contributed by atoms with Gasteiger partial charge in [0.1, 0.15) is 5.82 Å². The first kappa shape index (κ1) is 11.5. The summed E-state index contributed by atoms with van der Waals surface area (Å²) in [4.78, 5) is 4.68. The Balaban J connectivity index is 2.23. The van der Waals surface area contributed by atoms with Crippen molar-refractivity contribution >= 4 is 38.6 Å². The first-order chi connectivity index (χ1) is 8.16. The molecule has 0 spiro atoms. The van der Waals surface area contributed by atoms with Gasteiger partial charge in [0.05, 0.1) is 16.4 Å². The van der Waals surface area contributed by atoms with E-state index < -0.39 is 0 Å². The SMILES string of the molecule is CC(Cl)c1nc2cc(Br)ccc2n1C1CCC1. The number of nitrogens with zero attached hydrogens (tertiary/aromatic N) is 2. The Bertz CT molecular complexity index is 558. The maximum absolute atomic E-state index is 6.25. The van der Waals surface area contributed by atoms with Gasteiger partial charge in [-0.05, 0) is 44.4 Å². The van der Waals surface area contributed by atoms with Crippen LogP contribution in [0.25, 0.3) is 11.0 Å². The molecule has 1 atom stereocenters. The van der Waals surface area contributed by atoms with E-state index in [1.54, 1.807) is 0 Å². The smallest absolute Gasteiger partial charge is 0.127 e. The topological polar surface area (TPSA) is 17.8 Å². The highest BCUT2D eigenvalue weighted by atomic mass is 79.9. The number of fused-ring (bicyclic) bond motifs is 1. The Labute approximate surface area is 114 Å². The third-order valence-corrected chi connectivity index (χ3v) is 4.16. The number of alkyl halides is 1. The highest BCUT2D eigenvalue weighted by Crippen LogP contribution is 2.38. The molecule has 2 nitrogen and oxygen atoms in total. The lowest BCUT2D eigenvalue weighted by atomic mass is 9.92. The quantitative estimate of drug-likeness (QED) is 0.727. The van der Waals surface area contributed by atoms with Crippen LogP contribution in [0.2, 0.25) is 0 Å². The minimum Gasteiger partial charge on any atom is -0.324 e. The fraction of sp³-hybridized carbons (Fsp3) is 0.462. The van der Waals surface area contributed by atoms with Gasteiger partial charge in [0, 0.05) is 10.5 Å². The Hall–Kier alpha value is -0.540. The van der Waals surface area contributed by atoms with Crippen LogP contribution in [-0.4, -0.2) is 9.55 Å². The van der Waals surface area contributed by atoms with Crippen molar-refractivity contribution in [2.24, 2.45) is 0 Å². The molecule has 90 valence electrons. The van der Waals surface area contributed by atoms with Gasteiger partial charge in [0.15, 0.2) is 0 Å². The number of halogens is 2. The first-order valence-electron chi connectivity index (χ1n) is 5.98. The summed E-state index contributed by atoms with van der Waals surface area (Å²) in [7, 11) is 0. The lowest BCUT2D eigenvalue weighted by Crippen LogP contribution is -2.19. The third kappa shape index (κ3) is 1.89. The van der Waals surface area contributed by atoms with E-state index in [2.05, 4.69) is 43.7 Å². The summed E-state index contributed by atoms with van der Waals surface area (Å²) < 4.78 is 3.40. The van der Waals surface area contributed by atoms with Crippen LogP contribution in [0, 0.1) is 0 Å². The molecule has 0 aliphatic heterocycles. The van der Waals surface area contributed by atoms with Gasteiger partial charge >= 0.3 is 0 Å². The number of rotatable bonds is 2. The van der Waals surface area contributed by atoms with E-state index in [4.69, 9.17) is 11.6 Å². The first-order valence-corrected chi connectivity index (χ1v) is 7.21. The van der Waals surface area contributed by atoms with Crippen molar-refractivity contribution in [2.75, 3.05) is 0 Å². The molecule has 1 heterocycles. The Morgan fingerprint density at radius 2 is 2.24 bits per heavy atom. The highest BCUT2D eigenvalue weighted by Gasteiger charge is 2.26. The van der Waals surface area contributed by atoms with E-state index in [0.717, 1.165) is 15.8 Å². The Morgan fingerprint density at radius 1 is 1.47 bits per heavy atom. The van der Waals surface area contributed by atoms with Crippen LogP contribution in [0.5, 0.6) is 0 Å². The van der Waals surface area contributed by atoms with Crippen molar-refractivity contribution in [3.8, 4) is 0 Å². The van der Waals surface area contributed by atoms with E-state index >= 15 is 0 Å². The molecule has 3 rings (SSSR count). The van der Waals surface area contributed by atoms with Crippen LogP contribution in [0.4, 0.5) is 0 Å². The average molecular weight is 314 g/mol. The number of benzene rings is 1. The second kappa shape index (κ2) is 4.29. The van der Waals surface area contributed by atoms with Crippen LogP contribution in [0.3, 0.4) is 0 Å². The number of hydrogen-bond acceptors (Lipinski definition) is 1. The lowest BCUT2D eigenvalue weighted by molar-refractivity contribution is 0.313. The molecule has 0 saturated heterocycles. The van der Waals surface area contributed by atoms with Crippen LogP contribution in [0.15, 0.2) is 22.7 Å². The van der Waals surface area contributed by atoms with Gasteiger partial charge in [-0.25, -0.2) is 4.98 Å². The normalized spacial score (nSPS) is 18.3. The zero-order valence-electron chi connectivity index (χ0n) is 9.66. The van der Waals surface area contributed by atoms with Crippen LogP contribution in [-0.2, 0) is 0 Å². The van der Waals surface area contributed by atoms with E-state index in [1.165, 1.54) is 24.8 Å². The van der Waals surface area contributed by atoms with Crippen molar-refractivity contribution < 1.29 is 0 Å². The van der Waals surface area contributed by atoms with Crippen LogP contribution < -0.4 is 0 Å². The summed E-state index contributed by atoms with van der Waals surface area (Å²) in [6, 6.07) is 6.86. The average Bonchev–Trinajstić information content (AvgIpc) is 2.54. The molecule has 1 fully saturated rings. The van der Waals surface area contributed by atoms with Crippen LogP contribution in [0.1, 0.15) is 43.4 Å². The minimum atomic E-state index is -0.0400. The van der Waals surface area contributed by atoms with Gasteiger partial charge in [-0.2, -0.15) is 0 Å². The predicted molar refractivity (Wildman–Crippen MR) is 74.6 cm³/mol. The molecule has 1 aliphatic rings. The molecule has 2 aromatic rings. The second-order valence-electron chi connectivity index (χ2n) is 4.67. The summed E-state index contributed by atoms with van der Waals surface area (Å²) in [5.74, 6) is 1.00. The number of imidazole rings is 1. The standard InChI is InChI=1S/C13H14BrClN2/c1-8(15)13-16-11-7-9(14)5-6-12(11)17(13)10-3-2-4-10/h5-8,10H,2-4H2,1H3. The molecule has 0 N–H and O–H groups in total. The van der Waals surface area contributed by atoms with Crippen molar-refractivity contribution in [2.45, 2.75) is 37.6 Å².